The zero-order valence-corrected chi connectivity index (χ0v) is 25.7. The van der Waals surface area contributed by atoms with E-state index in [1.807, 2.05) is 0 Å². The van der Waals surface area contributed by atoms with E-state index < -0.39 is 0 Å². The van der Waals surface area contributed by atoms with Crippen molar-refractivity contribution < 1.29 is 0 Å². The average molecular weight is 577 g/mol. The van der Waals surface area contributed by atoms with E-state index in [1.165, 1.54) is 93.4 Å². The number of hydrogen-bond donors (Lipinski definition) is 0. The molecule has 0 unspecified atom stereocenters. The summed E-state index contributed by atoms with van der Waals surface area (Å²) in [7, 11) is 0. The summed E-state index contributed by atoms with van der Waals surface area (Å²) in [6.45, 7) is 9.19. The third-order valence-corrected chi connectivity index (χ3v) is 10.7. The first-order valence-corrected chi connectivity index (χ1v) is 16.1. The van der Waals surface area contributed by atoms with Gasteiger partial charge in [-0.05, 0) is 84.8 Å². The van der Waals surface area contributed by atoms with Crippen molar-refractivity contribution in [3.8, 4) is 33.6 Å². The van der Waals surface area contributed by atoms with Crippen LogP contribution in [0.3, 0.4) is 0 Å². The van der Waals surface area contributed by atoms with Crippen LogP contribution in [0.4, 0.5) is 0 Å². The summed E-state index contributed by atoms with van der Waals surface area (Å²) in [6.07, 6.45) is 0.882. The molecule has 0 aliphatic carbocycles. The third-order valence-electron chi connectivity index (χ3n) is 10.7. The fourth-order valence-corrected chi connectivity index (χ4v) is 9.05. The molecule has 8 aromatic rings. The van der Waals surface area contributed by atoms with Gasteiger partial charge in [-0.3, -0.25) is 0 Å². The normalized spacial score (nSPS) is 13.8. The summed E-state index contributed by atoms with van der Waals surface area (Å²) >= 11 is 0. The molecule has 6 aromatic carbocycles. The van der Waals surface area contributed by atoms with Crippen LogP contribution < -0.4 is 16.4 Å². The highest BCUT2D eigenvalue weighted by molar-refractivity contribution is 7.03. The van der Waals surface area contributed by atoms with E-state index in [0.29, 0.717) is 0 Å². The van der Waals surface area contributed by atoms with Gasteiger partial charge < -0.3 is 0 Å². The number of benzene rings is 6. The molecule has 0 N–H and O–H groups in total. The largest absolute Gasteiger partial charge is 0.254 e. The summed E-state index contributed by atoms with van der Waals surface area (Å²) in [4.78, 5) is 0. The molecule has 11 rings (SSSR count). The summed E-state index contributed by atoms with van der Waals surface area (Å²) in [6, 6.07) is 34.0. The second-order valence-corrected chi connectivity index (χ2v) is 14.1. The van der Waals surface area contributed by atoms with Crippen LogP contribution in [0.1, 0.15) is 39.1 Å². The first-order chi connectivity index (χ1) is 22.0. The van der Waals surface area contributed by atoms with E-state index in [2.05, 4.69) is 128 Å². The van der Waals surface area contributed by atoms with Gasteiger partial charge in [-0.1, -0.05) is 100 Å². The molecular formula is C40H29BN4. The molecule has 5 heterocycles. The minimum absolute atomic E-state index is 0.0878. The average Bonchev–Trinajstić information content (AvgIpc) is 3.64. The molecule has 0 saturated carbocycles. The monoisotopic (exact) mass is 576 g/mol. The molecule has 212 valence electrons. The Bertz CT molecular complexity index is 2670. The number of hydrogen-bond acceptors (Lipinski definition) is 2. The lowest BCUT2D eigenvalue weighted by molar-refractivity contribution is 0.565. The van der Waals surface area contributed by atoms with Gasteiger partial charge in [0.05, 0.1) is 33.8 Å². The zero-order chi connectivity index (χ0) is 29.9. The Morgan fingerprint density at radius 2 is 1.31 bits per heavy atom. The van der Waals surface area contributed by atoms with Crippen LogP contribution in [0.15, 0.2) is 91.0 Å². The lowest BCUT2D eigenvalue weighted by Crippen LogP contribution is -2.61. The molecule has 45 heavy (non-hydrogen) atoms. The van der Waals surface area contributed by atoms with Crippen molar-refractivity contribution >= 4 is 66.5 Å². The highest BCUT2D eigenvalue weighted by Crippen LogP contribution is 2.48. The van der Waals surface area contributed by atoms with Gasteiger partial charge in [0.25, 0.3) is 6.71 Å². The van der Waals surface area contributed by atoms with Crippen molar-refractivity contribution in [1.29, 1.82) is 0 Å². The Hall–Kier alpha value is -5.16. The fourth-order valence-electron chi connectivity index (χ4n) is 9.05. The minimum atomic E-state index is -0.0878. The van der Waals surface area contributed by atoms with Crippen LogP contribution in [0.25, 0.3) is 77.0 Å². The lowest BCUT2D eigenvalue weighted by Gasteiger charge is -2.37. The van der Waals surface area contributed by atoms with Crippen LogP contribution >= 0.6 is 0 Å². The van der Waals surface area contributed by atoms with Gasteiger partial charge in [-0.15, -0.1) is 0 Å². The van der Waals surface area contributed by atoms with Gasteiger partial charge in [0, 0.05) is 16.2 Å². The van der Waals surface area contributed by atoms with Crippen LogP contribution in [0, 0.1) is 0 Å². The quantitative estimate of drug-likeness (QED) is 0.160. The van der Waals surface area contributed by atoms with Crippen LogP contribution in [0.2, 0.25) is 0 Å². The molecule has 3 aliphatic heterocycles. The lowest BCUT2D eigenvalue weighted by atomic mass is 9.31. The molecule has 0 fully saturated rings. The third kappa shape index (κ3) is 2.66. The predicted octanol–water partition coefficient (Wildman–Crippen LogP) is 7.32. The van der Waals surface area contributed by atoms with Gasteiger partial charge in [0.1, 0.15) is 0 Å². The number of nitrogens with zero attached hydrogens (tertiary/aromatic N) is 4. The van der Waals surface area contributed by atoms with E-state index in [4.69, 9.17) is 10.2 Å². The molecule has 4 nitrogen and oxygen atoms in total. The first-order valence-electron chi connectivity index (χ1n) is 16.1. The molecule has 0 amide bonds. The number of fused-ring (bicyclic) bond motifs is 5. The summed E-state index contributed by atoms with van der Waals surface area (Å²) in [5.74, 6) is 0. The highest BCUT2D eigenvalue weighted by Gasteiger charge is 2.46. The van der Waals surface area contributed by atoms with Crippen molar-refractivity contribution in [3.05, 3.63) is 102 Å². The summed E-state index contributed by atoms with van der Waals surface area (Å²) in [5.41, 5.74) is 16.5. The highest BCUT2D eigenvalue weighted by atomic mass is 15.3. The summed E-state index contributed by atoms with van der Waals surface area (Å²) < 4.78 is 4.53. The van der Waals surface area contributed by atoms with Crippen molar-refractivity contribution in [2.24, 2.45) is 0 Å². The van der Waals surface area contributed by atoms with Crippen molar-refractivity contribution in [2.75, 3.05) is 0 Å². The van der Waals surface area contributed by atoms with Crippen LogP contribution in [-0.4, -0.2) is 26.3 Å². The smallest absolute Gasteiger partial charge is 0.234 e. The number of aryl methyl sites for hydroxylation is 1. The zero-order valence-electron chi connectivity index (χ0n) is 25.7. The topological polar surface area (TPSA) is 35.6 Å². The van der Waals surface area contributed by atoms with Crippen molar-refractivity contribution in [2.45, 2.75) is 39.5 Å². The Labute approximate surface area is 261 Å². The van der Waals surface area contributed by atoms with Gasteiger partial charge >= 0.3 is 0 Å². The number of aromatic nitrogens is 4. The molecule has 0 saturated heterocycles. The molecule has 0 spiro atoms. The van der Waals surface area contributed by atoms with Crippen molar-refractivity contribution in [1.82, 2.24) is 19.6 Å². The molecular weight excluding hydrogens is 547 g/mol. The SMILES string of the molecule is CCc1nn2c3c4c5c(c6ccccc6c(-c6ccccc6)c5cc13)-c1ccc3c(C(C)(C)C)nn5c3c1B4c1c-5cccc1-2. The van der Waals surface area contributed by atoms with Crippen molar-refractivity contribution in [3.63, 3.8) is 0 Å². The number of rotatable bonds is 2. The maximum absolute atomic E-state index is 5.41. The van der Waals surface area contributed by atoms with E-state index >= 15 is 0 Å². The Morgan fingerprint density at radius 1 is 0.622 bits per heavy atom. The van der Waals surface area contributed by atoms with Crippen LogP contribution in [0.5, 0.6) is 0 Å². The Kier molecular flexibility index (Phi) is 4.16. The van der Waals surface area contributed by atoms with E-state index in [9.17, 15) is 0 Å². The van der Waals surface area contributed by atoms with E-state index in [1.54, 1.807) is 0 Å². The molecule has 0 bridgehead atoms. The molecule has 0 atom stereocenters. The van der Waals surface area contributed by atoms with Gasteiger partial charge in [-0.25, -0.2) is 9.36 Å². The summed E-state index contributed by atoms with van der Waals surface area (Å²) in [5, 5.41) is 18.6. The van der Waals surface area contributed by atoms with E-state index in [0.717, 1.165) is 17.8 Å². The second-order valence-electron chi connectivity index (χ2n) is 14.1. The Morgan fingerprint density at radius 3 is 2.04 bits per heavy atom. The fraction of sp³-hybridized carbons (Fsp3) is 0.150. The molecule has 2 aromatic heterocycles. The van der Waals surface area contributed by atoms with Gasteiger partial charge in [-0.2, -0.15) is 10.2 Å². The maximum Gasteiger partial charge on any atom is 0.254 e. The van der Waals surface area contributed by atoms with E-state index in [-0.39, 0.29) is 12.1 Å². The molecule has 3 aliphatic rings. The first kappa shape index (κ1) is 24.2. The standard InChI is InChI=1S/C40H29BN4/c1-5-28-26-20-27-31(21-12-7-6-8-13-21)22-14-9-10-15-23(22)32-24-18-19-25-37-34(24)41-35-29(44(42-28)38(26)36(41)33(27)32)16-11-17-30(35)45(37)43-39(25)40(2,3)4/h6-20H,5H2,1-4H3. The molecule has 5 heteroatoms. The second kappa shape index (κ2) is 7.73. The minimum Gasteiger partial charge on any atom is -0.234 e. The van der Waals surface area contributed by atoms with Gasteiger partial charge in [0.15, 0.2) is 0 Å². The Balaban J connectivity index is 1.48. The van der Waals surface area contributed by atoms with Gasteiger partial charge in [0.2, 0.25) is 0 Å². The predicted molar refractivity (Wildman–Crippen MR) is 188 cm³/mol. The van der Waals surface area contributed by atoms with Crippen LogP contribution in [-0.2, 0) is 11.8 Å². The molecule has 0 radical (unpaired) electrons. The maximum atomic E-state index is 5.41.